The Labute approximate surface area is 132 Å². The highest BCUT2D eigenvalue weighted by Gasteiger charge is 2.12. The number of fused-ring (bicyclic) bond motifs is 3. The van der Waals surface area contributed by atoms with Gasteiger partial charge in [-0.15, -0.1) is 0 Å². The second-order valence-corrected chi connectivity index (χ2v) is 5.29. The zero-order valence-electron chi connectivity index (χ0n) is 12.3. The number of para-hydroxylation sites is 1. The van der Waals surface area contributed by atoms with Gasteiger partial charge in [-0.1, -0.05) is 54.6 Å². The molecule has 2 heterocycles. The molecule has 0 aliphatic rings. The van der Waals surface area contributed by atoms with Crippen LogP contribution in [0.2, 0.25) is 0 Å². The molecule has 2 aromatic heterocycles. The fraction of sp³-hybridized carbons (Fsp3) is 0.0526. The Morgan fingerprint density at radius 1 is 1.04 bits per heavy atom. The lowest BCUT2D eigenvalue weighted by atomic mass is 10.2. The van der Waals surface area contributed by atoms with Crippen LogP contribution >= 0.6 is 0 Å². The van der Waals surface area contributed by atoms with Gasteiger partial charge in [0.2, 0.25) is 5.58 Å². The predicted molar refractivity (Wildman–Crippen MR) is 91.3 cm³/mol. The molecule has 4 aromatic rings. The van der Waals surface area contributed by atoms with Gasteiger partial charge in [-0.05, 0) is 17.7 Å². The maximum Gasteiger partial charge on any atom is 0.297 e. The van der Waals surface area contributed by atoms with Gasteiger partial charge in [0.25, 0.3) is 5.56 Å². The van der Waals surface area contributed by atoms with Crippen LogP contribution in [0.1, 0.15) is 5.56 Å². The largest absolute Gasteiger partial charge is 0.448 e. The van der Waals surface area contributed by atoms with Gasteiger partial charge >= 0.3 is 0 Å². The van der Waals surface area contributed by atoms with Crippen LogP contribution in [-0.2, 0) is 6.54 Å². The van der Waals surface area contributed by atoms with Gasteiger partial charge in [0, 0.05) is 11.9 Å². The Balaban J connectivity index is 1.71. The lowest BCUT2D eigenvalue weighted by Crippen LogP contribution is -2.19. The topological polar surface area (TPSA) is 48.0 Å². The Hall–Kier alpha value is -3.14. The van der Waals surface area contributed by atoms with E-state index in [4.69, 9.17) is 4.42 Å². The van der Waals surface area contributed by atoms with Crippen LogP contribution in [0.15, 0.2) is 76.2 Å². The first-order valence-electron chi connectivity index (χ1n) is 7.41. The molecular weight excluding hydrogens is 288 g/mol. The lowest BCUT2D eigenvalue weighted by Gasteiger charge is -2.00. The van der Waals surface area contributed by atoms with E-state index in [1.165, 1.54) is 0 Å². The van der Waals surface area contributed by atoms with E-state index in [0.29, 0.717) is 23.2 Å². The molecule has 2 aromatic carbocycles. The van der Waals surface area contributed by atoms with Crippen molar-refractivity contribution in [2.45, 2.75) is 6.54 Å². The third kappa shape index (κ3) is 2.44. The highest BCUT2D eigenvalue weighted by molar-refractivity contribution is 6.01. The van der Waals surface area contributed by atoms with E-state index in [2.05, 4.69) is 4.98 Å². The van der Waals surface area contributed by atoms with Crippen molar-refractivity contribution in [3.63, 3.8) is 0 Å². The molecule has 0 saturated heterocycles. The van der Waals surface area contributed by atoms with Crippen LogP contribution < -0.4 is 5.56 Å². The molecule has 4 nitrogen and oxygen atoms in total. The average Bonchev–Trinajstić information content (AvgIpc) is 2.97. The van der Waals surface area contributed by atoms with Crippen molar-refractivity contribution in [2.75, 3.05) is 0 Å². The van der Waals surface area contributed by atoms with Gasteiger partial charge in [-0.25, -0.2) is 4.98 Å². The standard InChI is InChI=1S/C19H14N2O2/c22-19-18-17(15-10-4-5-11-16(15)23-18)20-13-21(19)12-6-9-14-7-2-1-3-8-14/h1-11,13H,12H2. The van der Waals surface area contributed by atoms with Crippen molar-refractivity contribution in [3.8, 4) is 0 Å². The van der Waals surface area contributed by atoms with Crippen molar-refractivity contribution in [1.29, 1.82) is 0 Å². The quantitative estimate of drug-likeness (QED) is 0.577. The zero-order valence-corrected chi connectivity index (χ0v) is 12.3. The smallest absolute Gasteiger partial charge is 0.297 e. The van der Waals surface area contributed by atoms with Gasteiger partial charge in [0.05, 0.1) is 6.33 Å². The molecule has 0 radical (unpaired) electrons. The van der Waals surface area contributed by atoms with Crippen molar-refractivity contribution in [2.24, 2.45) is 0 Å². The van der Waals surface area contributed by atoms with Gasteiger partial charge in [0.1, 0.15) is 11.1 Å². The minimum atomic E-state index is -0.163. The fourth-order valence-corrected chi connectivity index (χ4v) is 2.61. The van der Waals surface area contributed by atoms with E-state index in [1.807, 2.05) is 66.7 Å². The number of furan rings is 1. The lowest BCUT2D eigenvalue weighted by molar-refractivity contribution is 0.645. The van der Waals surface area contributed by atoms with Gasteiger partial charge in [-0.2, -0.15) is 0 Å². The monoisotopic (exact) mass is 302 g/mol. The third-order valence-electron chi connectivity index (χ3n) is 3.76. The molecule has 0 fully saturated rings. The summed E-state index contributed by atoms with van der Waals surface area (Å²) in [6, 6.07) is 17.5. The highest BCUT2D eigenvalue weighted by Crippen LogP contribution is 2.23. The minimum Gasteiger partial charge on any atom is -0.448 e. The Morgan fingerprint density at radius 3 is 2.70 bits per heavy atom. The Bertz CT molecular complexity index is 1060. The molecule has 0 atom stereocenters. The van der Waals surface area contributed by atoms with Crippen LogP contribution in [0.5, 0.6) is 0 Å². The summed E-state index contributed by atoms with van der Waals surface area (Å²) in [6.07, 6.45) is 5.49. The number of nitrogens with zero attached hydrogens (tertiary/aromatic N) is 2. The number of allylic oxidation sites excluding steroid dienone is 1. The van der Waals surface area contributed by atoms with E-state index in [1.54, 1.807) is 10.9 Å². The summed E-state index contributed by atoms with van der Waals surface area (Å²) < 4.78 is 7.21. The average molecular weight is 302 g/mol. The van der Waals surface area contributed by atoms with Crippen molar-refractivity contribution >= 4 is 28.1 Å². The number of hydrogen-bond acceptors (Lipinski definition) is 3. The zero-order chi connectivity index (χ0) is 15.6. The number of benzene rings is 2. The van der Waals surface area contributed by atoms with Crippen molar-refractivity contribution in [1.82, 2.24) is 9.55 Å². The predicted octanol–water partition coefficient (Wildman–Crippen LogP) is 3.86. The van der Waals surface area contributed by atoms with Crippen molar-refractivity contribution < 1.29 is 4.42 Å². The van der Waals surface area contributed by atoms with Crippen LogP contribution in [-0.4, -0.2) is 9.55 Å². The first kappa shape index (κ1) is 13.5. The van der Waals surface area contributed by atoms with E-state index in [-0.39, 0.29) is 5.56 Å². The molecule has 0 unspecified atom stereocenters. The van der Waals surface area contributed by atoms with Gasteiger partial charge in [-0.3, -0.25) is 9.36 Å². The molecule has 23 heavy (non-hydrogen) atoms. The Morgan fingerprint density at radius 2 is 1.83 bits per heavy atom. The molecule has 4 heteroatoms. The molecule has 0 saturated carbocycles. The molecule has 0 bridgehead atoms. The van der Waals surface area contributed by atoms with Crippen LogP contribution in [0.4, 0.5) is 0 Å². The van der Waals surface area contributed by atoms with E-state index >= 15 is 0 Å². The fourth-order valence-electron chi connectivity index (χ4n) is 2.61. The molecule has 4 rings (SSSR count). The number of rotatable bonds is 3. The highest BCUT2D eigenvalue weighted by atomic mass is 16.3. The maximum absolute atomic E-state index is 12.5. The summed E-state index contributed by atoms with van der Waals surface area (Å²) in [6.45, 7) is 0.452. The first-order valence-corrected chi connectivity index (χ1v) is 7.41. The SMILES string of the molecule is O=c1c2oc3ccccc3c2ncn1CC=Cc1ccccc1. The summed E-state index contributed by atoms with van der Waals surface area (Å²) in [7, 11) is 0. The normalized spacial score (nSPS) is 11.7. The van der Waals surface area contributed by atoms with E-state index in [9.17, 15) is 4.79 Å². The second-order valence-electron chi connectivity index (χ2n) is 5.29. The molecule has 0 aliphatic carbocycles. The van der Waals surface area contributed by atoms with Crippen molar-refractivity contribution in [3.05, 3.63) is 82.9 Å². The summed E-state index contributed by atoms with van der Waals surface area (Å²) in [5.74, 6) is 0. The molecule has 0 amide bonds. The summed E-state index contributed by atoms with van der Waals surface area (Å²) in [5.41, 5.74) is 2.54. The number of hydrogen-bond donors (Lipinski definition) is 0. The molecule has 112 valence electrons. The van der Waals surface area contributed by atoms with Crippen LogP contribution in [0.25, 0.3) is 28.1 Å². The third-order valence-corrected chi connectivity index (χ3v) is 3.76. The van der Waals surface area contributed by atoms with Crippen LogP contribution in [0, 0.1) is 0 Å². The van der Waals surface area contributed by atoms with Crippen LogP contribution in [0.3, 0.4) is 0 Å². The summed E-state index contributed by atoms with van der Waals surface area (Å²) in [5, 5.41) is 0.867. The summed E-state index contributed by atoms with van der Waals surface area (Å²) >= 11 is 0. The van der Waals surface area contributed by atoms with Gasteiger partial charge < -0.3 is 4.42 Å². The number of aromatic nitrogens is 2. The summed E-state index contributed by atoms with van der Waals surface area (Å²) in [4.78, 5) is 16.9. The Kier molecular flexibility index (Phi) is 3.27. The van der Waals surface area contributed by atoms with Gasteiger partial charge in [0.15, 0.2) is 0 Å². The molecule has 0 N–H and O–H groups in total. The molecule has 0 aliphatic heterocycles. The van der Waals surface area contributed by atoms with E-state index in [0.717, 1.165) is 10.9 Å². The maximum atomic E-state index is 12.5. The molecule has 0 spiro atoms. The molecular formula is C19H14N2O2. The first-order chi connectivity index (χ1) is 11.3. The van der Waals surface area contributed by atoms with E-state index < -0.39 is 0 Å². The second kappa shape index (κ2) is 5.57. The minimum absolute atomic E-state index is 0.163.